The smallest absolute Gasteiger partial charge is 0.338 e. The summed E-state index contributed by atoms with van der Waals surface area (Å²) in [5, 5.41) is 3.34. The molecule has 2 aromatic rings. The SMILES string of the molecule is O=C(COC(=O)c1ccc(CN2CCOCC2)cc1)NCc1ccc(Cl)cc1. The number of rotatable bonds is 7. The monoisotopic (exact) mass is 402 g/mol. The first-order valence-electron chi connectivity index (χ1n) is 9.17. The Kier molecular flexibility index (Phi) is 7.42. The van der Waals surface area contributed by atoms with Crippen LogP contribution in [-0.4, -0.2) is 49.7 Å². The fraction of sp³-hybridized carbons (Fsp3) is 0.333. The highest BCUT2D eigenvalue weighted by Crippen LogP contribution is 2.11. The fourth-order valence-electron chi connectivity index (χ4n) is 2.83. The van der Waals surface area contributed by atoms with Crippen LogP contribution < -0.4 is 5.32 Å². The minimum Gasteiger partial charge on any atom is -0.452 e. The molecule has 2 aromatic carbocycles. The van der Waals surface area contributed by atoms with Crippen molar-refractivity contribution in [3.05, 3.63) is 70.2 Å². The molecule has 7 heteroatoms. The Morgan fingerprint density at radius 3 is 2.32 bits per heavy atom. The van der Waals surface area contributed by atoms with Crippen LogP contribution in [0.2, 0.25) is 5.02 Å². The van der Waals surface area contributed by atoms with E-state index in [4.69, 9.17) is 21.1 Å². The Bertz CT molecular complexity index is 787. The lowest BCUT2D eigenvalue weighted by Crippen LogP contribution is -2.35. The molecular formula is C21H23ClN2O4. The molecule has 1 fully saturated rings. The van der Waals surface area contributed by atoms with E-state index in [0.717, 1.165) is 44.0 Å². The number of halogens is 1. The van der Waals surface area contributed by atoms with Gasteiger partial charge in [0, 0.05) is 31.2 Å². The predicted octanol–water partition coefficient (Wildman–Crippen LogP) is 2.65. The Morgan fingerprint density at radius 2 is 1.64 bits per heavy atom. The summed E-state index contributed by atoms with van der Waals surface area (Å²) in [5.41, 5.74) is 2.47. The molecule has 0 atom stereocenters. The van der Waals surface area contributed by atoms with Crippen molar-refractivity contribution in [2.75, 3.05) is 32.9 Å². The van der Waals surface area contributed by atoms with Crippen LogP contribution in [0.4, 0.5) is 0 Å². The highest BCUT2D eigenvalue weighted by molar-refractivity contribution is 6.30. The molecule has 28 heavy (non-hydrogen) atoms. The van der Waals surface area contributed by atoms with Gasteiger partial charge in [-0.1, -0.05) is 35.9 Å². The standard InChI is InChI=1S/C21H23ClN2O4/c22-19-7-3-16(4-8-19)13-23-20(25)15-28-21(26)18-5-1-17(2-6-18)14-24-9-11-27-12-10-24/h1-8H,9-15H2,(H,23,25). The van der Waals surface area contributed by atoms with Crippen LogP contribution in [0.5, 0.6) is 0 Å². The summed E-state index contributed by atoms with van der Waals surface area (Å²) in [6.07, 6.45) is 0. The van der Waals surface area contributed by atoms with Gasteiger partial charge in [0.1, 0.15) is 0 Å². The Balaban J connectivity index is 1.41. The molecule has 0 bridgehead atoms. The lowest BCUT2D eigenvalue weighted by molar-refractivity contribution is -0.124. The van der Waals surface area contributed by atoms with Gasteiger partial charge >= 0.3 is 5.97 Å². The van der Waals surface area contributed by atoms with Gasteiger partial charge in [-0.3, -0.25) is 9.69 Å². The van der Waals surface area contributed by atoms with Gasteiger partial charge in [-0.2, -0.15) is 0 Å². The van der Waals surface area contributed by atoms with E-state index < -0.39 is 5.97 Å². The first-order valence-corrected chi connectivity index (χ1v) is 9.55. The normalized spacial score (nSPS) is 14.5. The Morgan fingerprint density at radius 1 is 1.00 bits per heavy atom. The number of carbonyl (C=O) groups excluding carboxylic acids is 2. The van der Waals surface area contributed by atoms with Crippen molar-refractivity contribution in [3.8, 4) is 0 Å². The summed E-state index contributed by atoms with van der Waals surface area (Å²) < 4.78 is 10.4. The minimum absolute atomic E-state index is 0.318. The Labute approximate surface area is 169 Å². The molecule has 148 valence electrons. The van der Waals surface area contributed by atoms with Crippen molar-refractivity contribution in [3.63, 3.8) is 0 Å². The molecule has 1 aliphatic rings. The van der Waals surface area contributed by atoms with Gasteiger partial charge in [0.25, 0.3) is 5.91 Å². The molecule has 1 saturated heterocycles. The molecule has 1 amide bonds. The minimum atomic E-state index is -0.514. The molecule has 0 radical (unpaired) electrons. The number of carbonyl (C=O) groups is 2. The van der Waals surface area contributed by atoms with E-state index in [9.17, 15) is 9.59 Å². The number of nitrogens with zero attached hydrogens (tertiary/aromatic N) is 1. The molecule has 3 rings (SSSR count). The third-order valence-electron chi connectivity index (χ3n) is 4.44. The first kappa shape index (κ1) is 20.3. The highest BCUT2D eigenvalue weighted by atomic mass is 35.5. The summed E-state index contributed by atoms with van der Waals surface area (Å²) in [6.45, 7) is 4.19. The molecule has 1 heterocycles. The van der Waals surface area contributed by atoms with Crippen molar-refractivity contribution in [1.29, 1.82) is 0 Å². The maximum atomic E-state index is 12.1. The van der Waals surface area contributed by atoms with E-state index >= 15 is 0 Å². The van der Waals surface area contributed by atoms with Crippen LogP contribution in [0.15, 0.2) is 48.5 Å². The molecule has 6 nitrogen and oxygen atoms in total. The van der Waals surface area contributed by atoms with Crippen LogP contribution in [-0.2, 0) is 27.4 Å². The number of nitrogens with one attached hydrogen (secondary N) is 1. The van der Waals surface area contributed by atoms with E-state index in [0.29, 0.717) is 17.1 Å². The van der Waals surface area contributed by atoms with E-state index in [1.54, 1.807) is 24.3 Å². The van der Waals surface area contributed by atoms with Crippen molar-refractivity contribution >= 4 is 23.5 Å². The summed E-state index contributed by atoms with van der Waals surface area (Å²) in [7, 11) is 0. The second-order valence-electron chi connectivity index (χ2n) is 6.56. The van der Waals surface area contributed by atoms with E-state index in [2.05, 4.69) is 10.2 Å². The molecule has 0 spiro atoms. The van der Waals surface area contributed by atoms with Crippen molar-refractivity contribution in [2.45, 2.75) is 13.1 Å². The molecule has 0 saturated carbocycles. The van der Waals surface area contributed by atoms with Crippen LogP contribution in [0.25, 0.3) is 0 Å². The third kappa shape index (κ3) is 6.34. The van der Waals surface area contributed by atoms with E-state index in [1.807, 2.05) is 24.3 Å². The van der Waals surface area contributed by atoms with Gasteiger partial charge in [0.15, 0.2) is 6.61 Å². The number of ether oxygens (including phenoxy) is 2. The van der Waals surface area contributed by atoms with Crippen LogP contribution in [0.3, 0.4) is 0 Å². The van der Waals surface area contributed by atoms with Crippen molar-refractivity contribution in [1.82, 2.24) is 10.2 Å². The number of morpholine rings is 1. The molecule has 0 unspecified atom stereocenters. The molecule has 1 aliphatic heterocycles. The summed E-state index contributed by atoms with van der Waals surface area (Å²) in [4.78, 5) is 26.3. The topological polar surface area (TPSA) is 67.9 Å². The molecule has 1 N–H and O–H groups in total. The van der Waals surface area contributed by atoms with Crippen LogP contribution in [0.1, 0.15) is 21.5 Å². The molecular weight excluding hydrogens is 380 g/mol. The zero-order chi connectivity index (χ0) is 19.8. The third-order valence-corrected chi connectivity index (χ3v) is 4.69. The average Bonchev–Trinajstić information content (AvgIpc) is 2.73. The number of hydrogen-bond donors (Lipinski definition) is 1. The number of amides is 1. The maximum Gasteiger partial charge on any atom is 0.338 e. The van der Waals surface area contributed by atoms with Crippen molar-refractivity contribution < 1.29 is 19.1 Å². The quantitative estimate of drug-likeness (QED) is 0.721. The van der Waals surface area contributed by atoms with E-state index in [1.165, 1.54) is 0 Å². The van der Waals surface area contributed by atoms with Gasteiger partial charge < -0.3 is 14.8 Å². The lowest BCUT2D eigenvalue weighted by atomic mass is 10.1. The first-order chi connectivity index (χ1) is 13.6. The second-order valence-corrected chi connectivity index (χ2v) is 7.00. The van der Waals surface area contributed by atoms with Crippen LogP contribution >= 0.6 is 11.6 Å². The largest absolute Gasteiger partial charge is 0.452 e. The second kappa shape index (κ2) is 10.2. The molecule has 0 aliphatic carbocycles. The highest BCUT2D eigenvalue weighted by Gasteiger charge is 2.13. The summed E-state index contributed by atoms with van der Waals surface area (Å²) in [5.74, 6) is -0.869. The Hall–Kier alpha value is -2.41. The van der Waals surface area contributed by atoms with Gasteiger partial charge in [-0.15, -0.1) is 0 Å². The zero-order valence-electron chi connectivity index (χ0n) is 15.5. The zero-order valence-corrected chi connectivity index (χ0v) is 16.3. The van der Waals surface area contributed by atoms with Gasteiger partial charge in [0.05, 0.1) is 18.8 Å². The lowest BCUT2D eigenvalue weighted by Gasteiger charge is -2.26. The number of hydrogen-bond acceptors (Lipinski definition) is 5. The van der Waals surface area contributed by atoms with Gasteiger partial charge in [0.2, 0.25) is 0 Å². The van der Waals surface area contributed by atoms with Crippen molar-refractivity contribution in [2.24, 2.45) is 0 Å². The predicted molar refractivity (Wildman–Crippen MR) is 106 cm³/mol. The number of esters is 1. The van der Waals surface area contributed by atoms with Crippen LogP contribution in [0, 0.1) is 0 Å². The van der Waals surface area contributed by atoms with Gasteiger partial charge in [-0.25, -0.2) is 4.79 Å². The fourth-order valence-corrected chi connectivity index (χ4v) is 2.96. The maximum absolute atomic E-state index is 12.1. The number of benzene rings is 2. The van der Waals surface area contributed by atoms with E-state index in [-0.39, 0.29) is 12.5 Å². The average molecular weight is 403 g/mol. The molecule has 0 aromatic heterocycles. The van der Waals surface area contributed by atoms with Gasteiger partial charge in [-0.05, 0) is 35.4 Å². The summed E-state index contributed by atoms with van der Waals surface area (Å²) >= 11 is 5.82. The summed E-state index contributed by atoms with van der Waals surface area (Å²) in [6, 6.07) is 14.4.